The van der Waals surface area contributed by atoms with Gasteiger partial charge in [0.1, 0.15) is 0 Å². The Hall–Kier alpha value is -0.140. The summed E-state index contributed by atoms with van der Waals surface area (Å²) in [5.41, 5.74) is 0. The normalized spacial score (nSPS) is 23.1. The molecule has 1 aliphatic rings. The summed E-state index contributed by atoms with van der Waals surface area (Å²) in [5.74, 6) is -2.76. The lowest BCUT2D eigenvalue weighted by Crippen LogP contribution is -2.26. The Morgan fingerprint density at radius 2 is 1.60 bits per heavy atom. The highest BCUT2D eigenvalue weighted by molar-refractivity contribution is 4.75. The van der Waals surface area contributed by atoms with Crippen LogP contribution in [0.3, 0.4) is 0 Å². The molecule has 0 nitrogen and oxygen atoms in total. The minimum Gasteiger partial charge on any atom is -0.207 e. The van der Waals surface area contributed by atoms with Gasteiger partial charge in [0.05, 0.1) is 0 Å². The van der Waals surface area contributed by atoms with E-state index in [1.54, 1.807) is 0 Å². The highest BCUT2D eigenvalue weighted by Gasteiger charge is 2.34. The van der Waals surface area contributed by atoms with E-state index in [1.165, 1.54) is 0 Å². The second-order valence-corrected chi connectivity index (χ2v) is 3.29. The summed E-state index contributed by atoms with van der Waals surface area (Å²) in [6.45, 7) is 1.04. The van der Waals surface area contributed by atoms with E-state index in [-0.39, 0.29) is 5.92 Å². The monoisotopic (exact) mass is 148 g/mol. The van der Waals surface area contributed by atoms with Crippen molar-refractivity contribution in [3.05, 3.63) is 0 Å². The first-order valence-electron chi connectivity index (χ1n) is 3.98. The molecule has 2 heteroatoms. The quantitative estimate of drug-likeness (QED) is 0.535. The highest BCUT2D eigenvalue weighted by atomic mass is 19.3. The molecule has 0 bridgehead atoms. The first-order chi connectivity index (χ1) is 4.61. The Bertz CT molecular complexity index is 98.3. The summed E-state index contributed by atoms with van der Waals surface area (Å²) >= 11 is 0. The average Bonchev–Trinajstić information content (AvgIpc) is 1.88. The minimum atomic E-state index is -2.43. The van der Waals surface area contributed by atoms with Crippen LogP contribution in [0.5, 0.6) is 0 Å². The first-order valence-corrected chi connectivity index (χ1v) is 3.98. The molecule has 0 saturated heterocycles. The Morgan fingerprint density at radius 3 is 1.90 bits per heavy atom. The minimum absolute atomic E-state index is 0.332. The van der Waals surface area contributed by atoms with Crippen LogP contribution >= 0.6 is 0 Å². The van der Waals surface area contributed by atoms with Crippen LogP contribution in [0.2, 0.25) is 0 Å². The molecule has 1 saturated carbocycles. The van der Waals surface area contributed by atoms with Gasteiger partial charge in [0.15, 0.2) is 0 Å². The molecule has 0 aromatic carbocycles. The van der Waals surface area contributed by atoms with Crippen molar-refractivity contribution >= 4 is 0 Å². The summed E-state index contributed by atoms with van der Waals surface area (Å²) in [5, 5.41) is 0. The van der Waals surface area contributed by atoms with Crippen LogP contribution in [0, 0.1) is 5.92 Å². The maximum atomic E-state index is 12.6. The van der Waals surface area contributed by atoms with Gasteiger partial charge < -0.3 is 0 Å². The standard InChI is InChI=1S/C8H14F2/c1-8(9,10)7-5-3-2-4-6-7/h7H,2-6H2,1H3. The molecule has 0 unspecified atom stereocenters. The number of hydrogen-bond donors (Lipinski definition) is 0. The van der Waals surface area contributed by atoms with Crippen molar-refractivity contribution in [1.29, 1.82) is 0 Å². The largest absolute Gasteiger partial charge is 0.248 e. The highest BCUT2D eigenvalue weighted by Crippen LogP contribution is 2.35. The van der Waals surface area contributed by atoms with Gasteiger partial charge in [-0.3, -0.25) is 0 Å². The van der Waals surface area contributed by atoms with E-state index < -0.39 is 5.92 Å². The molecule has 60 valence electrons. The lowest BCUT2D eigenvalue weighted by atomic mass is 9.85. The fourth-order valence-corrected chi connectivity index (χ4v) is 1.61. The van der Waals surface area contributed by atoms with Crippen molar-refractivity contribution in [1.82, 2.24) is 0 Å². The predicted octanol–water partition coefficient (Wildman–Crippen LogP) is 3.22. The second-order valence-electron chi connectivity index (χ2n) is 3.29. The van der Waals surface area contributed by atoms with Gasteiger partial charge in [-0.1, -0.05) is 19.3 Å². The molecule has 0 atom stereocenters. The van der Waals surface area contributed by atoms with Crippen molar-refractivity contribution in [3.8, 4) is 0 Å². The summed E-state index contributed by atoms with van der Waals surface area (Å²) in [6, 6.07) is 0. The first kappa shape index (κ1) is 7.96. The molecule has 0 radical (unpaired) electrons. The van der Waals surface area contributed by atoms with Crippen LogP contribution in [-0.4, -0.2) is 5.92 Å². The van der Waals surface area contributed by atoms with E-state index >= 15 is 0 Å². The van der Waals surface area contributed by atoms with E-state index in [1.807, 2.05) is 0 Å². The van der Waals surface area contributed by atoms with Crippen LogP contribution in [0.1, 0.15) is 39.0 Å². The molecule has 1 fully saturated rings. The zero-order valence-corrected chi connectivity index (χ0v) is 6.37. The zero-order valence-electron chi connectivity index (χ0n) is 6.37. The summed E-state index contributed by atoms with van der Waals surface area (Å²) in [4.78, 5) is 0. The van der Waals surface area contributed by atoms with Gasteiger partial charge in [-0.2, -0.15) is 0 Å². The molecular formula is C8H14F2. The number of rotatable bonds is 1. The molecular weight excluding hydrogens is 134 g/mol. The van der Waals surface area contributed by atoms with Crippen LogP contribution in [0.4, 0.5) is 8.78 Å². The van der Waals surface area contributed by atoms with E-state index in [9.17, 15) is 8.78 Å². The van der Waals surface area contributed by atoms with E-state index in [0.29, 0.717) is 0 Å². The maximum Gasteiger partial charge on any atom is 0.248 e. The smallest absolute Gasteiger partial charge is 0.207 e. The third kappa shape index (κ3) is 1.93. The summed E-state index contributed by atoms with van der Waals surface area (Å²) in [6.07, 6.45) is 4.59. The molecule has 1 rings (SSSR count). The van der Waals surface area contributed by atoms with Crippen molar-refractivity contribution < 1.29 is 8.78 Å². The molecule has 0 aliphatic heterocycles. The zero-order chi connectivity index (χ0) is 7.61. The van der Waals surface area contributed by atoms with Crippen LogP contribution in [-0.2, 0) is 0 Å². The molecule has 0 N–H and O–H groups in total. The summed E-state index contributed by atoms with van der Waals surface area (Å²) in [7, 11) is 0. The van der Waals surface area contributed by atoms with E-state index in [4.69, 9.17) is 0 Å². The Balaban J connectivity index is 2.39. The van der Waals surface area contributed by atoms with Crippen molar-refractivity contribution in [3.63, 3.8) is 0 Å². The predicted molar refractivity (Wildman–Crippen MR) is 37.2 cm³/mol. The van der Waals surface area contributed by atoms with Crippen molar-refractivity contribution in [2.45, 2.75) is 45.0 Å². The fourth-order valence-electron chi connectivity index (χ4n) is 1.61. The molecule has 0 spiro atoms. The second kappa shape index (κ2) is 2.85. The van der Waals surface area contributed by atoms with Crippen LogP contribution in [0.15, 0.2) is 0 Å². The number of hydrogen-bond acceptors (Lipinski definition) is 0. The van der Waals surface area contributed by atoms with Gasteiger partial charge >= 0.3 is 0 Å². The number of alkyl halides is 2. The molecule has 10 heavy (non-hydrogen) atoms. The van der Waals surface area contributed by atoms with Gasteiger partial charge in [-0.25, -0.2) is 8.78 Å². The van der Waals surface area contributed by atoms with Crippen LogP contribution < -0.4 is 0 Å². The van der Waals surface area contributed by atoms with Gasteiger partial charge in [0, 0.05) is 5.92 Å². The van der Waals surface area contributed by atoms with Gasteiger partial charge in [0.25, 0.3) is 0 Å². The lowest BCUT2D eigenvalue weighted by molar-refractivity contribution is -0.0528. The molecule has 0 heterocycles. The Labute approximate surface area is 60.6 Å². The molecule has 0 aromatic heterocycles. The molecule has 0 amide bonds. The van der Waals surface area contributed by atoms with Gasteiger partial charge in [-0.05, 0) is 19.8 Å². The fraction of sp³-hybridized carbons (Fsp3) is 1.00. The van der Waals surface area contributed by atoms with Gasteiger partial charge in [0.2, 0.25) is 5.92 Å². The van der Waals surface area contributed by atoms with Crippen LogP contribution in [0.25, 0.3) is 0 Å². The van der Waals surface area contributed by atoms with Crippen molar-refractivity contribution in [2.75, 3.05) is 0 Å². The number of halogens is 2. The third-order valence-corrected chi connectivity index (χ3v) is 2.32. The van der Waals surface area contributed by atoms with Crippen molar-refractivity contribution in [2.24, 2.45) is 5.92 Å². The maximum absolute atomic E-state index is 12.6. The SMILES string of the molecule is CC(F)(F)C1CCCCC1. The third-order valence-electron chi connectivity index (χ3n) is 2.32. The topological polar surface area (TPSA) is 0 Å². The Kier molecular flexibility index (Phi) is 2.27. The average molecular weight is 148 g/mol. The van der Waals surface area contributed by atoms with E-state index in [0.717, 1.165) is 39.0 Å². The Morgan fingerprint density at radius 1 is 1.10 bits per heavy atom. The molecule has 1 aliphatic carbocycles. The molecule has 0 aromatic rings. The lowest BCUT2D eigenvalue weighted by Gasteiger charge is -2.26. The van der Waals surface area contributed by atoms with Gasteiger partial charge in [-0.15, -0.1) is 0 Å². The summed E-state index contributed by atoms with van der Waals surface area (Å²) < 4.78 is 25.2. The van der Waals surface area contributed by atoms with E-state index in [2.05, 4.69) is 0 Å².